The molecule has 5 heteroatoms. The maximum atomic E-state index is 11.9. The number of nitrogens with zero attached hydrogens (tertiary/aromatic N) is 2. The lowest BCUT2D eigenvalue weighted by Gasteiger charge is -2.09. The third-order valence-electron chi connectivity index (χ3n) is 2.77. The number of carbonyl (C=O) groups excluding carboxylic acids is 1. The summed E-state index contributed by atoms with van der Waals surface area (Å²) < 4.78 is 0. The summed E-state index contributed by atoms with van der Waals surface area (Å²) in [5.74, 6) is -1.03. The van der Waals surface area contributed by atoms with Crippen molar-refractivity contribution in [2.24, 2.45) is 0 Å². The van der Waals surface area contributed by atoms with Crippen molar-refractivity contribution in [1.82, 2.24) is 15.3 Å². The second kappa shape index (κ2) is 6.36. The smallest absolute Gasteiger partial charge is 0.241 e. The van der Waals surface area contributed by atoms with E-state index >= 15 is 0 Å². The molecule has 2 aromatic rings. The summed E-state index contributed by atoms with van der Waals surface area (Å²) in [6.07, 6.45) is 3.98. The average Bonchev–Trinajstić information content (AvgIpc) is 2.94. The Kier molecular flexibility index (Phi) is 4.29. The molecule has 5 nitrogen and oxygen atoms in total. The van der Waals surface area contributed by atoms with Gasteiger partial charge in [0.25, 0.3) is 0 Å². The zero-order chi connectivity index (χ0) is 13.5. The molecule has 0 radical (unpaired) electrons. The van der Waals surface area contributed by atoms with Gasteiger partial charge in [-0.1, -0.05) is 30.3 Å². The first kappa shape index (κ1) is 12.8. The predicted molar refractivity (Wildman–Crippen MR) is 70.1 cm³/mol. The highest BCUT2D eigenvalue weighted by molar-refractivity contribution is 5.86. The van der Waals surface area contributed by atoms with Crippen molar-refractivity contribution in [2.75, 3.05) is 6.54 Å². The summed E-state index contributed by atoms with van der Waals surface area (Å²) in [6.45, 7) is 0.478. The predicted octanol–water partition coefficient (Wildman–Crippen LogP) is 1.38. The van der Waals surface area contributed by atoms with E-state index in [1.165, 1.54) is 0 Å². The number of aromatic nitrogens is 2. The van der Waals surface area contributed by atoms with Gasteiger partial charge in [-0.2, -0.15) is 5.26 Å². The summed E-state index contributed by atoms with van der Waals surface area (Å²) in [4.78, 5) is 18.8. The first-order valence-corrected chi connectivity index (χ1v) is 6.01. The molecule has 0 bridgehead atoms. The summed E-state index contributed by atoms with van der Waals surface area (Å²) in [5, 5.41) is 11.9. The quantitative estimate of drug-likeness (QED) is 0.845. The van der Waals surface area contributed by atoms with Gasteiger partial charge < -0.3 is 10.3 Å². The standard InChI is InChI=1S/C14H14N4O/c15-8-13(11-4-2-1-3-5-11)14(19)17-7-6-12-9-16-10-18-12/h1-5,9-10,13H,6-7H2,(H,16,18)(H,17,19). The van der Waals surface area contributed by atoms with Crippen molar-refractivity contribution in [2.45, 2.75) is 12.3 Å². The second-order valence-electron chi connectivity index (χ2n) is 4.09. The number of benzene rings is 1. The fourth-order valence-electron chi connectivity index (χ4n) is 1.77. The Morgan fingerprint density at radius 2 is 2.21 bits per heavy atom. The molecular weight excluding hydrogens is 240 g/mol. The van der Waals surface area contributed by atoms with E-state index in [9.17, 15) is 4.79 Å². The van der Waals surface area contributed by atoms with Crippen molar-refractivity contribution in [1.29, 1.82) is 5.26 Å². The number of aromatic amines is 1. The molecule has 0 saturated heterocycles. The number of nitriles is 1. The van der Waals surface area contributed by atoms with Crippen LogP contribution in [0, 0.1) is 11.3 Å². The first-order chi connectivity index (χ1) is 9.31. The molecule has 0 fully saturated rings. The minimum atomic E-state index is -0.761. The van der Waals surface area contributed by atoms with Gasteiger partial charge in [-0.05, 0) is 5.56 Å². The summed E-state index contributed by atoms with van der Waals surface area (Å²) >= 11 is 0. The van der Waals surface area contributed by atoms with E-state index in [0.29, 0.717) is 18.5 Å². The summed E-state index contributed by atoms with van der Waals surface area (Å²) in [5.41, 5.74) is 1.66. The van der Waals surface area contributed by atoms with Crippen molar-refractivity contribution in [3.63, 3.8) is 0 Å². The van der Waals surface area contributed by atoms with Gasteiger partial charge in [0.15, 0.2) is 0 Å². The average molecular weight is 254 g/mol. The molecule has 0 saturated carbocycles. The number of H-pyrrole nitrogens is 1. The van der Waals surface area contributed by atoms with Crippen LogP contribution in [-0.2, 0) is 11.2 Å². The van der Waals surface area contributed by atoms with Gasteiger partial charge in [0.2, 0.25) is 5.91 Å². The van der Waals surface area contributed by atoms with Crippen LogP contribution in [0.4, 0.5) is 0 Å². The Labute approximate surface area is 111 Å². The molecule has 1 atom stereocenters. The van der Waals surface area contributed by atoms with Crippen molar-refractivity contribution < 1.29 is 4.79 Å². The fourth-order valence-corrected chi connectivity index (χ4v) is 1.77. The summed E-state index contributed by atoms with van der Waals surface area (Å²) in [6, 6.07) is 11.1. The number of rotatable bonds is 5. The second-order valence-corrected chi connectivity index (χ2v) is 4.09. The molecule has 19 heavy (non-hydrogen) atoms. The highest BCUT2D eigenvalue weighted by Crippen LogP contribution is 2.14. The monoisotopic (exact) mass is 254 g/mol. The van der Waals surface area contributed by atoms with Crippen LogP contribution in [0.2, 0.25) is 0 Å². The van der Waals surface area contributed by atoms with Gasteiger partial charge in [0, 0.05) is 24.9 Å². The molecule has 1 amide bonds. The highest BCUT2D eigenvalue weighted by Gasteiger charge is 2.19. The van der Waals surface area contributed by atoms with Crippen LogP contribution >= 0.6 is 0 Å². The topological polar surface area (TPSA) is 81.6 Å². The molecule has 1 aromatic carbocycles. The molecule has 1 heterocycles. The SMILES string of the molecule is N#CC(C(=O)NCCc1cnc[nH]1)c1ccccc1. The number of carbonyl (C=O) groups is 1. The van der Waals surface area contributed by atoms with Crippen LogP contribution in [0.5, 0.6) is 0 Å². The third kappa shape index (κ3) is 3.42. The van der Waals surface area contributed by atoms with Crippen LogP contribution in [0.25, 0.3) is 0 Å². The molecule has 0 aliphatic carbocycles. The minimum Gasteiger partial charge on any atom is -0.354 e. The molecule has 0 aliphatic rings. The molecular formula is C14H14N4O. The maximum Gasteiger partial charge on any atom is 0.241 e. The number of nitrogens with one attached hydrogen (secondary N) is 2. The lowest BCUT2D eigenvalue weighted by Crippen LogP contribution is -2.30. The van der Waals surface area contributed by atoms with Crippen molar-refractivity contribution >= 4 is 5.91 Å². The minimum absolute atomic E-state index is 0.270. The maximum absolute atomic E-state index is 11.9. The first-order valence-electron chi connectivity index (χ1n) is 6.01. The Bertz CT molecular complexity index is 557. The number of imidazole rings is 1. The largest absolute Gasteiger partial charge is 0.354 e. The fraction of sp³-hybridized carbons (Fsp3) is 0.214. The van der Waals surface area contributed by atoms with Gasteiger partial charge in [-0.3, -0.25) is 4.79 Å². The van der Waals surface area contributed by atoms with E-state index in [1.807, 2.05) is 24.3 Å². The van der Waals surface area contributed by atoms with E-state index in [1.54, 1.807) is 24.7 Å². The molecule has 1 aromatic heterocycles. The molecule has 0 spiro atoms. The third-order valence-corrected chi connectivity index (χ3v) is 2.77. The zero-order valence-electron chi connectivity index (χ0n) is 10.3. The van der Waals surface area contributed by atoms with Gasteiger partial charge in [0.05, 0.1) is 12.4 Å². The van der Waals surface area contributed by atoms with E-state index in [0.717, 1.165) is 5.69 Å². The number of hydrogen-bond acceptors (Lipinski definition) is 3. The Hall–Kier alpha value is -2.61. The van der Waals surface area contributed by atoms with E-state index in [2.05, 4.69) is 15.3 Å². The van der Waals surface area contributed by atoms with Crippen LogP contribution < -0.4 is 5.32 Å². The van der Waals surface area contributed by atoms with Gasteiger partial charge in [-0.25, -0.2) is 4.98 Å². The lowest BCUT2D eigenvalue weighted by molar-refractivity contribution is -0.121. The number of amides is 1. The van der Waals surface area contributed by atoms with Crippen LogP contribution in [-0.4, -0.2) is 22.4 Å². The van der Waals surface area contributed by atoms with E-state index < -0.39 is 5.92 Å². The van der Waals surface area contributed by atoms with Crippen molar-refractivity contribution in [3.8, 4) is 6.07 Å². The van der Waals surface area contributed by atoms with Crippen molar-refractivity contribution in [3.05, 3.63) is 54.1 Å². The Balaban J connectivity index is 1.89. The number of hydrogen-bond donors (Lipinski definition) is 2. The van der Waals surface area contributed by atoms with E-state index in [4.69, 9.17) is 5.26 Å². The van der Waals surface area contributed by atoms with Crippen LogP contribution in [0.1, 0.15) is 17.2 Å². The normalized spacial score (nSPS) is 11.5. The molecule has 1 unspecified atom stereocenters. The Morgan fingerprint density at radius 3 is 2.84 bits per heavy atom. The van der Waals surface area contributed by atoms with E-state index in [-0.39, 0.29) is 5.91 Å². The van der Waals surface area contributed by atoms with Gasteiger partial charge in [-0.15, -0.1) is 0 Å². The highest BCUT2D eigenvalue weighted by atomic mass is 16.1. The molecule has 2 rings (SSSR count). The van der Waals surface area contributed by atoms with Crippen LogP contribution in [0.3, 0.4) is 0 Å². The van der Waals surface area contributed by atoms with Gasteiger partial charge in [0.1, 0.15) is 5.92 Å². The lowest BCUT2D eigenvalue weighted by atomic mass is 10.00. The van der Waals surface area contributed by atoms with Gasteiger partial charge >= 0.3 is 0 Å². The van der Waals surface area contributed by atoms with Crippen LogP contribution in [0.15, 0.2) is 42.9 Å². The summed E-state index contributed by atoms with van der Waals surface area (Å²) in [7, 11) is 0. The Morgan fingerprint density at radius 1 is 1.42 bits per heavy atom. The molecule has 96 valence electrons. The molecule has 0 aliphatic heterocycles. The molecule has 2 N–H and O–H groups in total. The zero-order valence-corrected chi connectivity index (χ0v) is 10.3.